The van der Waals surface area contributed by atoms with E-state index in [1.165, 1.54) is 0 Å². The zero-order valence-corrected chi connectivity index (χ0v) is 11.7. The molecule has 0 spiro atoms. The van der Waals surface area contributed by atoms with Gasteiger partial charge in [0, 0.05) is 0 Å². The van der Waals surface area contributed by atoms with E-state index in [4.69, 9.17) is 21.4 Å². The van der Waals surface area contributed by atoms with Crippen molar-refractivity contribution in [1.29, 1.82) is 0 Å². The molecule has 0 aliphatic carbocycles. The quantitative estimate of drug-likeness (QED) is 0.779. The number of ether oxygens (including phenoxy) is 1. The van der Waals surface area contributed by atoms with Crippen LogP contribution < -0.4 is 4.74 Å². The number of carboxylic acid groups (broad SMARTS) is 1. The molecular formula is C14H6ClF5O3. The van der Waals surface area contributed by atoms with Crippen molar-refractivity contribution in [2.75, 3.05) is 0 Å². The second-order valence-electron chi connectivity index (χ2n) is 4.32. The van der Waals surface area contributed by atoms with E-state index < -0.39 is 40.7 Å². The minimum Gasteiger partial charge on any atom is -0.478 e. The fourth-order valence-corrected chi connectivity index (χ4v) is 1.87. The zero-order chi connectivity index (χ0) is 17.4. The first-order valence-electron chi connectivity index (χ1n) is 5.86. The van der Waals surface area contributed by atoms with Crippen molar-refractivity contribution >= 4 is 17.6 Å². The summed E-state index contributed by atoms with van der Waals surface area (Å²) >= 11 is 5.62. The number of hydrogen-bond acceptors (Lipinski definition) is 2. The molecule has 0 heterocycles. The Morgan fingerprint density at radius 1 is 1.09 bits per heavy atom. The Hall–Kier alpha value is -2.35. The number of halogens is 6. The van der Waals surface area contributed by atoms with E-state index in [9.17, 15) is 26.7 Å². The second-order valence-corrected chi connectivity index (χ2v) is 4.72. The van der Waals surface area contributed by atoms with Crippen LogP contribution in [0.3, 0.4) is 0 Å². The minimum atomic E-state index is -4.92. The summed E-state index contributed by atoms with van der Waals surface area (Å²) in [4.78, 5) is 10.9. The summed E-state index contributed by atoms with van der Waals surface area (Å²) in [5.74, 6) is -5.96. The van der Waals surface area contributed by atoms with Crippen molar-refractivity contribution in [2.45, 2.75) is 6.18 Å². The normalized spacial score (nSPS) is 11.4. The van der Waals surface area contributed by atoms with Gasteiger partial charge in [-0.05, 0) is 30.3 Å². The third-order valence-corrected chi connectivity index (χ3v) is 3.04. The first-order valence-corrected chi connectivity index (χ1v) is 6.24. The highest BCUT2D eigenvalue weighted by atomic mass is 35.5. The van der Waals surface area contributed by atoms with Gasteiger partial charge in [0.1, 0.15) is 5.75 Å². The Bertz CT molecular complexity index is 750. The average molecular weight is 353 g/mol. The van der Waals surface area contributed by atoms with Crippen molar-refractivity contribution in [3.63, 3.8) is 0 Å². The molecule has 0 aromatic heterocycles. The van der Waals surface area contributed by atoms with Crippen LogP contribution in [0.5, 0.6) is 11.5 Å². The maximum atomic E-state index is 13.7. The number of hydrogen-bond donors (Lipinski definition) is 1. The van der Waals surface area contributed by atoms with Gasteiger partial charge in [-0.1, -0.05) is 11.6 Å². The third-order valence-electron chi connectivity index (χ3n) is 2.71. The lowest BCUT2D eigenvalue weighted by Crippen LogP contribution is -2.07. The van der Waals surface area contributed by atoms with E-state index in [2.05, 4.69) is 0 Å². The molecule has 2 aromatic rings. The molecule has 0 fully saturated rings. The maximum absolute atomic E-state index is 13.7. The summed E-state index contributed by atoms with van der Waals surface area (Å²) in [6.07, 6.45) is -4.92. The van der Waals surface area contributed by atoms with E-state index >= 15 is 0 Å². The molecule has 2 aromatic carbocycles. The number of benzene rings is 2. The van der Waals surface area contributed by atoms with Gasteiger partial charge in [0.15, 0.2) is 17.4 Å². The molecule has 0 bridgehead atoms. The monoisotopic (exact) mass is 352 g/mol. The van der Waals surface area contributed by atoms with Gasteiger partial charge in [0.2, 0.25) is 0 Å². The highest BCUT2D eigenvalue weighted by molar-refractivity contribution is 6.33. The topological polar surface area (TPSA) is 46.5 Å². The van der Waals surface area contributed by atoms with Gasteiger partial charge in [-0.15, -0.1) is 0 Å². The van der Waals surface area contributed by atoms with Gasteiger partial charge in [-0.25, -0.2) is 13.6 Å². The van der Waals surface area contributed by atoms with Crippen LogP contribution in [0, 0.1) is 11.6 Å². The molecule has 23 heavy (non-hydrogen) atoms. The number of carbonyl (C=O) groups is 1. The lowest BCUT2D eigenvalue weighted by atomic mass is 10.2. The first-order chi connectivity index (χ1) is 10.6. The lowest BCUT2D eigenvalue weighted by molar-refractivity contribution is -0.138. The van der Waals surface area contributed by atoms with Crippen molar-refractivity contribution < 1.29 is 36.6 Å². The molecule has 9 heteroatoms. The average Bonchev–Trinajstić information content (AvgIpc) is 2.43. The Balaban J connectivity index is 2.42. The van der Waals surface area contributed by atoms with Crippen molar-refractivity contribution in [3.8, 4) is 11.5 Å². The van der Waals surface area contributed by atoms with E-state index in [0.29, 0.717) is 0 Å². The van der Waals surface area contributed by atoms with Gasteiger partial charge < -0.3 is 9.84 Å². The van der Waals surface area contributed by atoms with Crippen molar-refractivity contribution in [2.24, 2.45) is 0 Å². The molecule has 0 saturated carbocycles. The van der Waals surface area contributed by atoms with E-state index in [1.807, 2.05) is 0 Å². The maximum Gasteiger partial charge on any atom is 0.416 e. The van der Waals surface area contributed by atoms with Gasteiger partial charge in [0.25, 0.3) is 0 Å². The number of carboxylic acids is 1. The standard InChI is InChI=1S/C14H6ClF5O3/c15-9-2-1-7(5-8(9)13(21)22)23-12-10(16)3-6(4-11(12)17)14(18,19)20/h1-5H,(H,21,22). The van der Waals surface area contributed by atoms with Crippen LogP contribution in [-0.4, -0.2) is 11.1 Å². The summed E-state index contributed by atoms with van der Waals surface area (Å²) in [5, 5.41) is 8.74. The summed E-state index contributed by atoms with van der Waals surface area (Å²) in [6.45, 7) is 0. The van der Waals surface area contributed by atoms with Crippen LogP contribution in [0.25, 0.3) is 0 Å². The molecule has 0 aliphatic rings. The molecule has 0 atom stereocenters. The third kappa shape index (κ3) is 3.70. The van der Waals surface area contributed by atoms with Crippen LogP contribution in [-0.2, 0) is 6.18 Å². The van der Waals surface area contributed by atoms with Crippen molar-refractivity contribution in [3.05, 3.63) is 58.1 Å². The Morgan fingerprint density at radius 2 is 1.65 bits per heavy atom. The smallest absolute Gasteiger partial charge is 0.416 e. The number of aromatic carboxylic acids is 1. The second kappa shape index (κ2) is 6.04. The molecular weight excluding hydrogens is 347 g/mol. The molecule has 0 radical (unpaired) electrons. The molecule has 1 N–H and O–H groups in total. The molecule has 122 valence electrons. The number of rotatable bonds is 3. The SMILES string of the molecule is O=C(O)c1cc(Oc2c(F)cc(C(F)(F)F)cc2F)ccc1Cl. The first kappa shape index (κ1) is 17.0. The van der Waals surface area contributed by atoms with Crippen LogP contribution in [0.2, 0.25) is 5.02 Å². The van der Waals surface area contributed by atoms with Gasteiger partial charge in [0.05, 0.1) is 16.1 Å². The molecule has 3 nitrogen and oxygen atoms in total. The van der Waals surface area contributed by atoms with E-state index in [-0.39, 0.29) is 22.9 Å². The summed E-state index contributed by atoms with van der Waals surface area (Å²) in [6, 6.07) is 3.27. The van der Waals surface area contributed by atoms with Crippen LogP contribution in [0.4, 0.5) is 22.0 Å². The van der Waals surface area contributed by atoms with Gasteiger partial charge in [-0.2, -0.15) is 13.2 Å². The molecule has 0 saturated heterocycles. The van der Waals surface area contributed by atoms with Gasteiger partial charge in [-0.3, -0.25) is 0 Å². The Labute approximate surface area is 130 Å². The fourth-order valence-electron chi connectivity index (χ4n) is 1.67. The highest BCUT2D eigenvalue weighted by Crippen LogP contribution is 2.36. The molecule has 0 aliphatic heterocycles. The van der Waals surface area contributed by atoms with Crippen LogP contribution >= 0.6 is 11.6 Å². The number of alkyl halides is 3. The Morgan fingerprint density at radius 3 is 2.13 bits per heavy atom. The largest absolute Gasteiger partial charge is 0.478 e. The van der Waals surface area contributed by atoms with E-state index in [1.54, 1.807) is 0 Å². The highest BCUT2D eigenvalue weighted by Gasteiger charge is 2.33. The Kier molecular flexibility index (Phi) is 4.46. The summed E-state index contributed by atoms with van der Waals surface area (Å²) in [5.41, 5.74) is -1.90. The predicted octanol–water partition coefficient (Wildman–Crippen LogP) is 5.13. The predicted molar refractivity (Wildman–Crippen MR) is 69.8 cm³/mol. The molecule has 2 rings (SSSR count). The minimum absolute atomic E-state index is 0.0758. The van der Waals surface area contributed by atoms with E-state index in [0.717, 1.165) is 18.2 Å². The lowest BCUT2D eigenvalue weighted by Gasteiger charge is -2.12. The summed E-state index contributed by atoms with van der Waals surface area (Å²) < 4.78 is 69.4. The van der Waals surface area contributed by atoms with Gasteiger partial charge >= 0.3 is 12.1 Å². The molecule has 0 amide bonds. The fraction of sp³-hybridized carbons (Fsp3) is 0.0714. The zero-order valence-electron chi connectivity index (χ0n) is 10.9. The molecule has 0 unspecified atom stereocenters. The van der Waals surface area contributed by atoms with Crippen LogP contribution in [0.1, 0.15) is 15.9 Å². The van der Waals surface area contributed by atoms with Crippen molar-refractivity contribution in [1.82, 2.24) is 0 Å². The van der Waals surface area contributed by atoms with Crippen LogP contribution in [0.15, 0.2) is 30.3 Å². The summed E-state index contributed by atoms with van der Waals surface area (Å²) in [7, 11) is 0.